The molecule has 1 saturated heterocycles. The summed E-state index contributed by atoms with van der Waals surface area (Å²) in [6, 6.07) is 13.2. The molecule has 4 rings (SSSR count). The summed E-state index contributed by atoms with van der Waals surface area (Å²) in [5.74, 6) is 0.352. The molecule has 0 saturated carbocycles. The zero-order valence-corrected chi connectivity index (χ0v) is 21.7. The maximum absolute atomic E-state index is 15.0. The predicted molar refractivity (Wildman–Crippen MR) is 143 cm³/mol. The Hall–Kier alpha value is -2.81. The lowest BCUT2D eigenvalue weighted by Crippen LogP contribution is -2.46. The molecule has 0 unspecified atom stereocenters. The molecule has 1 amide bonds. The zero-order valence-electron chi connectivity index (χ0n) is 20.9. The maximum atomic E-state index is 15.0. The highest BCUT2D eigenvalue weighted by atomic mass is 35.5. The number of anilines is 1. The number of nitrogens with zero attached hydrogens (tertiary/aromatic N) is 4. The predicted octanol–water partition coefficient (Wildman–Crippen LogP) is 3.90. The van der Waals surface area contributed by atoms with E-state index in [0.29, 0.717) is 15.7 Å². The molecule has 2 aromatic carbocycles. The highest BCUT2D eigenvalue weighted by Crippen LogP contribution is 2.38. The molecule has 0 spiro atoms. The number of methoxy groups -OCH3 is 1. The van der Waals surface area contributed by atoms with Crippen LogP contribution in [0.3, 0.4) is 0 Å². The van der Waals surface area contributed by atoms with E-state index in [9.17, 15) is 9.28 Å². The number of hydrogen-bond acceptors (Lipinski definition) is 5. The number of piperazine rings is 1. The van der Waals surface area contributed by atoms with Crippen molar-refractivity contribution in [1.82, 2.24) is 19.9 Å². The van der Waals surface area contributed by atoms with Crippen molar-refractivity contribution < 1.29 is 14.0 Å². The SMILES string of the molecule is CNCCCN1CCN(c2ccc(-c3cccc4c3cc(C(=O)N(C)C)n4F)c(OC)c2)CC1.Cl. The number of benzene rings is 2. The summed E-state index contributed by atoms with van der Waals surface area (Å²) in [6.07, 6.45) is 1.16. The Kier molecular flexibility index (Phi) is 8.99. The molecule has 1 aliphatic heterocycles. The molecule has 35 heavy (non-hydrogen) atoms. The fourth-order valence-electron chi connectivity index (χ4n) is 4.62. The first-order chi connectivity index (χ1) is 16.4. The number of amides is 1. The van der Waals surface area contributed by atoms with E-state index >= 15 is 0 Å². The van der Waals surface area contributed by atoms with E-state index in [4.69, 9.17) is 4.74 Å². The Morgan fingerprint density at radius 1 is 1.09 bits per heavy atom. The van der Waals surface area contributed by atoms with E-state index in [1.165, 1.54) is 4.90 Å². The molecule has 1 aliphatic rings. The van der Waals surface area contributed by atoms with Crippen LogP contribution in [0, 0.1) is 0 Å². The van der Waals surface area contributed by atoms with Gasteiger partial charge in [-0.1, -0.05) is 16.6 Å². The van der Waals surface area contributed by atoms with Gasteiger partial charge in [-0.3, -0.25) is 9.69 Å². The highest BCUT2D eigenvalue weighted by Gasteiger charge is 2.22. The number of fused-ring (bicyclic) bond motifs is 1. The average Bonchev–Trinajstić information content (AvgIpc) is 3.20. The van der Waals surface area contributed by atoms with Gasteiger partial charge < -0.3 is 19.9 Å². The van der Waals surface area contributed by atoms with Gasteiger partial charge in [0.15, 0.2) is 0 Å². The first-order valence-corrected chi connectivity index (χ1v) is 11.8. The summed E-state index contributed by atoms with van der Waals surface area (Å²) in [5.41, 5.74) is 3.20. The van der Waals surface area contributed by atoms with Gasteiger partial charge in [-0.15, -0.1) is 12.4 Å². The molecular weight excluding hydrogens is 469 g/mol. The minimum absolute atomic E-state index is 0. The van der Waals surface area contributed by atoms with Crippen LogP contribution in [0.5, 0.6) is 5.75 Å². The Labute approximate surface area is 212 Å². The van der Waals surface area contributed by atoms with E-state index in [2.05, 4.69) is 27.2 Å². The van der Waals surface area contributed by atoms with Gasteiger partial charge in [0.2, 0.25) is 0 Å². The summed E-state index contributed by atoms with van der Waals surface area (Å²) < 4.78 is 20.7. The van der Waals surface area contributed by atoms with Gasteiger partial charge in [-0.2, -0.15) is 4.79 Å². The molecule has 7 nitrogen and oxygen atoms in total. The lowest BCUT2D eigenvalue weighted by atomic mass is 10.00. The Bertz CT molecular complexity index is 1160. The molecule has 2 heterocycles. The Balaban J connectivity index is 0.00000342. The molecule has 1 aromatic heterocycles. The quantitative estimate of drug-likeness (QED) is 0.472. The number of aromatic nitrogens is 1. The number of halogens is 2. The smallest absolute Gasteiger partial charge is 0.272 e. The highest BCUT2D eigenvalue weighted by molar-refractivity contribution is 6.04. The van der Waals surface area contributed by atoms with Gasteiger partial charge in [0, 0.05) is 63.0 Å². The molecule has 9 heteroatoms. The van der Waals surface area contributed by atoms with Gasteiger partial charge in [0.25, 0.3) is 5.91 Å². The Morgan fingerprint density at radius 3 is 2.49 bits per heavy atom. The first-order valence-electron chi connectivity index (χ1n) is 11.8. The fourth-order valence-corrected chi connectivity index (χ4v) is 4.62. The van der Waals surface area contributed by atoms with Crippen molar-refractivity contribution in [3.05, 3.63) is 48.2 Å². The lowest BCUT2D eigenvalue weighted by Gasteiger charge is -2.36. The molecule has 0 aliphatic carbocycles. The van der Waals surface area contributed by atoms with Crippen LogP contribution < -0.4 is 15.0 Å². The largest absolute Gasteiger partial charge is 0.496 e. The molecule has 3 aromatic rings. The van der Waals surface area contributed by atoms with Crippen LogP contribution in [0.1, 0.15) is 16.9 Å². The van der Waals surface area contributed by atoms with Crippen LogP contribution in [0.2, 0.25) is 0 Å². The minimum Gasteiger partial charge on any atom is -0.496 e. The molecule has 0 bridgehead atoms. The monoisotopic (exact) mass is 503 g/mol. The van der Waals surface area contributed by atoms with Crippen molar-refractivity contribution in [3.8, 4) is 16.9 Å². The molecule has 1 N–H and O–H groups in total. The number of carbonyl (C=O) groups is 1. The third kappa shape index (κ3) is 5.55. The average molecular weight is 504 g/mol. The standard InChI is InChI=1S/C26H34FN5O2.ClH/c1-28-11-6-12-30-13-15-31(16-14-30)19-9-10-21(25(17-19)34-4)20-7-5-8-23-22(20)18-24(32(23)27)26(33)29(2)3;/h5,7-10,17-18,28H,6,11-16H2,1-4H3;1H. The lowest BCUT2D eigenvalue weighted by molar-refractivity contribution is 0.0807. The van der Waals surface area contributed by atoms with Gasteiger partial charge in [-0.05, 0) is 56.4 Å². The van der Waals surface area contributed by atoms with Gasteiger partial charge in [0.05, 0.1) is 12.6 Å². The summed E-state index contributed by atoms with van der Waals surface area (Å²) in [4.78, 5) is 19.2. The zero-order chi connectivity index (χ0) is 24.2. The third-order valence-electron chi connectivity index (χ3n) is 6.53. The van der Waals surface area contributed by atoms with Crippen LogP contribution in [0.4, 0.5) is 10.2 Å². The first kappa shape index (κ1) is 26.8. The van der Waals surface area contributed by atoms with Gasteiger partial charge in [-0.25, -0.2) is 0 Å². The number of hydrogen-bond donors (Lipinski definition) is 1. The Morgan fingerprint density at radius 2 is 1.83 bits per heavy atom. The number of rotatable bonds is 8. The molecule has 0 atom stereocenters. The van der Waals surface area contributed by atoms with Crippen molar-refractivity contribution in [2.45, 2.75) is 6.42 Å². The van der Waals surface area contributed by atoms with Gasteiger partial charge >= 0.3 is 0 Å². The summed E-state index contributed by atoms with van der Waals surface area (Å²) in [6.45, 7) is 6.19. The summed E-state index contributed by atoms with van der Waals surface area (Å²) >= 11 is 0. The molecule has 1 fully saturated rings. The van der Waals surface area contributed by atoms with Crippen molar-refractivity contribution >= 4 is 34.9 Å². The second kappa shape index (κ2) is 11.7. The molecular formula is C26H35ClFN5O2. The minimum atomic E-state index is -0.378. The van der Waals surface area contributed by atoms with E-state index < -0.39 is 0 Å². The molecule has 0 radical (unpaired) electrons. The van der Waals surface area contributed by atoms with Crippen LogP contribution in [0.25, 0.3) is 22.0 Å². The second-order valence-electron chi connectivity index (χ2n) is 8.92. The number of nitrogens with one attached hydrogen (secondary N) is 1. The topological polar surface area (TPSA) is 53.0 Å². The normalized spacial score (nSPS) is 14.1. The van der Waals surface area contributed by atoms with Crippen molar-refractivity contribution in [1.29, 1.82) is 0 Å². The summed E-state index contributed by atoms with van der Waals surface area (Å²) in [5, 5.41) is 3.88. The van der Waals surface area contributed by atoms with Crippen LogP contribution >= 0.6 is 12.4 Å². The van der Waals surface area contributed by atoms with Crippen LogP contribution in [0.15, 0.2) is 42.5 Å². The maximum Gasteiger partial charge on any atom is 0.272 e. The van der Waals surface area contributed by atoms with Crippen LogP contribution in [-0.2, 0) is 0 Å². The van der Waals surface area contributed by atoms with Crippen molar-refractivity contribution in [2.75, 3.05) is 72.4 Å². The van der Waals surface area contributed by atoms with E-state index in [0.717, 1.165) is 68.3 Å². The van der Waals surface area contributed by atoms with E-state index in [1.54, 1.807) is 39.4 Å². The number of ether oxygens (including phenoxy) is 1. The van der Waals surface area contributed by atoms with Crippen molar-refractivity contribution in [2.24, 2.45) is 0 Å². The van der Waals surface area contributed by atoms with Crippen LogP contribution in [-0.4, -0.2) is 88.0 Å². The molecule has 190 valence electrons. The van der Waals surface area contributed by atoms with E-state index in [1.807, 2.05) is 19.2 Å². The fraction of sp³-hybridized carbons (Fsp3) is 0.423. The van der Waals surface area contributed by atoms with E-state index in [-0.39, 0.29) is 24.0 Å². The number of carbonyl (C=O) groups excluding carboxylic acids is 1. The third-order valence-corrected chi connectivity index (χ3v) is 6.53. The van der Waals surface area contributed by atoms with Gasteiger partial charge in [0.1, 0.15) is 11.4 Å². The second-order valence-corrected chi connectivity index (χ2v) is 8.92. The summed E-state index contributed by atoms with van der Waals surface area (Å²) in [7, 11) is 6.88. The van der Waals surface area contributed by atoms with Crippen molar-refractivity contribution in [3.63, 3.8) is 0 Å².